The number of carbonyl (C=O) groups is 2. The highest BCUT2D eigenvalue weighted by Crippen LogP contribution is 2.33. The lowest BCUT2D eigenvalue weighted by atomic mass is 10.1. The third-order valence-electron chi connectivity index (χ3n) is 4.78. The standard InChI is InChI=1S/C23H25NO4/c1-6-27-22(26)13-28-18-8-10-21-19(12-18)23(17(5)25)16(4)24(21)20-9-7-14(2)11-15(20)3/h7-12H,6,13H2,1-5H3. The van der Waals surface area contributed by atoms with Crippen molar-refractivity contribution in [1.82, 2.24) is 4.57 Å². The Bertz CT molecular complexity index is 1060. The number of Topliss-reactive ketones (excluding diaryl/α,β-unsaturated/α-hetero) is 1. The Hall–Kier alpha value is -3.08. The fourth-order valence-corrected chi connectivity index (χ4v) is 3.64. The molecule has 2 aromatic carbocycles. The highest BCUT2D eigenvalue weighted by atomic mass is 16.6. The summed E-state index contributed by atoms with van der Waals surface area (Å²) in [5.74, 6) is 0.104. The molecule has 0 unspecified atom stereocenters. The molecule has 0 bridgehead atoms. The second kappa shape index (κ2) is 7.89. The molecule has 3 rings (SSSR count). The fourth-order valence-electron chi connectivity index (χ4n) is 3.64. The number of hydrogen-bond donors (Lipinski definition) is 0. The van der Waals surface area contributed by atoms with Crippen molar-refractivity contribution in [2.24, 2.45) is 0 Å². The van der Waals surface area contributed by atoms with Crippen molar-refractivity contribution in [3.05, 3.63) is 58.8 Å². The van der Waals surface area contributed by atoms with Crippen molar-refractivity contribution in [1.29, 1.82) is 0 Å². The molecule has 0 fully saturated rings. The molecule has 0 atom stereocenters. The van der Waals surface area contributed by atoms with Crippen LogP contribution < -0.4 is 4.74 Å². The van der Waals surface area contributed by atoms with Crippen molar-refractivity contribution < 1.29 is 19.1 Å². The summed E-state index contributed by atoms with van der Waals surface area (Å²) >= 11 is 0. The quantitative estimate of drug-likeness (QED) is 0.460. The number of hydrogen-bond acceptors (Lipinski definition) is 4. The van der Waals surface area contributed by atoms with Gasteiger partial charge in [0.05, 0.1) is 12.1 Å². The fraction of sp³-hybridized carbons (Fsp3) is 0.304. The van der Waals surface area contributed by atoms with Gasteiger partial charge in [0.15, 0.2) is 12.4 Å². The normalized spacial score (nSPS) is 10.9. The second-order valence-corrected chi connectivity index (χ2v) is 6.91. The van der Waals surface area contributed by atoms with Crippen LogP contribution in [0.4, 0.5) is 0 Å². The van der Waals surface area contributed by atoms with Crippen LogP contribution in [0.5, 0.6) is 5.75 Å². The Kier molecular flexibility index (Phi) is 5.54. The molecule has 3 aromatic rings. The smallest absolute Gasteiger partial charge is 0.344 e. The van der Waals surface area contributed by atoms with E-state index in [0.29, 0.717) is 17.9 Å². The zero-order chi connectivity index (χ0) is 20.4. The molecule has 5 nitrogen and oxygen atoms in total. The van der Waals surface area contributed by atoms with Crippen LogP contribution in [0.25, 0.3) is 16.6 Å². The predicted molar refractivity (Wildman–Crippen MR) is 110 cm³/mol. The van der Waals surface area contributed by atoms with Crippen molar-refractivity contribution in [3.63, 3.8) is 0 Å². The van der Waals surface area contributed by atoms with Gasteiger partial charge in [-0.3, -0.25) is 4.79 Å². The van der Waals surface area contributed by atoms with Gasteiger partial charge in [0.25, 0.3) is 0 Å². The molecular formula is C23H25NO4. The van der Waals surface area contributed by atoms with E-state index in [4.69, 9.17) is 9.47 Å². The summed E-state index contributed by atoms with van der Waals surface area (Å²) in [4.78, 5) is 24.0. The zero-order valence-electron chi connectivity index (χ0n) is 17.0. The lowest BCUT2D eigenvalue weighted by molar-refractivity contribution is -0.145. The van der Waals surface area contributed by atoms with Gasteiger partial charge in [-0.05, 0) is 64.4 Å². The maximum Gasteiger partial charge on any atom is 0.344 e. The number of esters is 1. The molecule has 0 saturated carbocycles. The number of benzene rings is 2. The summed E-state index contributed by atoms with van der Waals surface area (Å²) in [7, 11) is 0. The molecule has 1 aromatic heterocycles. The van der Waals surface area contributed by atoms with E-state index in [2.05, 4.69) is 36.6 Å². The number of nitrogens with zero attached hydrogens (tertiary/aromatic N) is 1. The van der Waals surface area contributed by atoms with Gasteiger partial charge in [0.2, 0.25) is 0 Å². The topological polar surface area (TPSA) is 57.5 Å². The molecule has 0 aliphatic carbocycles. The van der Waals surface area contributed by atoms with Crippen LogP contribution in [0, 0.1) is 20.8 Å². The zero-order valence-corrected chi connectivity index (χ0v) is 17.0. The van der Waals surface area contributed by atoms with Crippen LogP contribution in [0.1, 0.15) is 41.0 Å². The van der Waals surface area contributed by atoms with Crippen molar-refractivity contribution in [2.45, 2.75) is 34.6 Å². The number of ether oxygens (including phenoxy) is 2. The molecule has 0 spiro atoms. The molecule has 1 heterocycles. The van der Waals surface area contributed by atoms with Crippen molar-refractivity contribution >= 4 is 22.7 Å². The first kappa shape index (κ1) is 19.7. The maximum atomic E-state index is 12.4. The Morgan fingerprint density at radius 1 is 1.04 bits per heavy atom. The van der Waals surface area contributed by atoms with Gasteiger partial charge >= 0.3 is 5.97 Å². The summed E-state index contributed by atoms with van der Waals surface area (Å²) in [6.07, 6.45) is 0. The summed E-state index contributed by atoms with van der Waals surface area (Å²) < 4.78 is 12.6. The number of aromatic nitrogens is 1. The minimum absolute atomic E-state index is 0.00597. The maximum absolute atomic E-state index is 12.4. The van der Waals surface area contributed by atoms with Crippen molar-refractivity contribution in [2.75, 3.05) is 13.2 Å². The average molecular weight is 379 g/mol. The first-order chi connectivity index (χ1) is 13.3. The number of carbonyl (C=O) groups excluding carboxylic acids is 2. The molecule has 0 aliphatic rings. The summed E-state index contributed by atoms with van der Waals surface area (Å²) in [6.45, 7) is 9.56. The Balaban J connectivity index is 2.12. The predicted octanol–water partition coefficient (Wildman–Crippen LogP) is 4.70. The van der Waals surface area contributed by atoms with Gasteiger partial charge < -0.3 is 14.0 Å². The summed E-state index contributed by atoms with van der Waals surface area (Å²) in [6, 6.07) is 11.8. The molecule has 0 aliphatic heterocycles. The van der Waals surface area contributed by atoms with Gasteiger partial charge in [-0.1, -0.05) is 17.7 Å². The van der Waals surface area contributed by atoms with E-state index in [9.17, 15) is 9.59 Å². The SMILES string of the molecule is CCOC(=O)COc1ccc2c(c1)c(C(C)=O)c(C)n2-c1ccc(C)cc1C. The third kappa shape index (κ3) is 3.65. The van der Waals surface area contributed by atoms with Gasteiger partial charge in [-0.2, -0.15) is 0 Å². The average Bonchev–Trinajstić information content (AvgIpc) is 2.92. The molecule has 0 N–H and O–H groups in total. The first-order valence-corrected chi connectivity index (χ1v) is 9.35. The second-order valence-electron chi connectivity index (χ2n) is 6.91. The van der Waals surface area contributed by atoms with E-state index in [1.807, 2.05) is 25.1 Å². The van der Waals surface area contributed by atoms with Crippen LogP contribution >= 0.6 is 0 Å². The molecule has 0 amide bonds. The van der Waals surface area contributed by atoms with Crippen LogP contribution in [-0.4, -0.2) is 29.5 Å². The van der Waals surface area contributed by atoms with Crippen LogP contribution in [-0.2, 0) is 9.53 Å². The largest absolute Gasteiger partial charge is 0.482 e. The Morgan fingerprint density at radius 3 is 2.43 bits per heavy atom. The summed E-state index contributed by atoms with van der Waals surface area (Å²) in [5.41, 5.74) is 5.85. The van der Waals surface area contributed by atoms with Gasteiger partial charge in [0.1, 0.15) is 5.75 Å². The van der Waals surface area contributed by atoms with Crippen LogP contribution in [0.3, 0.4) is 0 Å². The van der Waals surface area contributed by atoms with Gasteiger partial charge in [-0.15, -0.1) is 0 Å². The van der Waals surface area contributed by atoms with E-state index in [-0.39, 0.29) is 12.4 Å². The molecule has 5 heteroatoms. The van der Waals surface area contributed by atoms with E-state index < -0.39 is 5.97 Å². The molecular weight excluding hydrogens is 354 g/mol. The summed E-state index contributed by atoms with van der Waals surface area (Å²) in [5, 5.41) is 0.811. The number of aryl methyl sites for hydroxylation is 2. The van der Waals surface area contributed by atoms with E-state index in [1.165, 1.54) is 5.56 Å². The highest BCUT2D eigenvalue weighted by Gasteiger charge is 2.20. The van der Waals surface area contributed by atoms with Crippen molar-refractivity contribution in [3.8, 4) is 11.4 Å². The molecule has 0 saturated heterocycles. The monoisotopic (exact) mass is 379 g/mol. The lowest BCUT2D eigenvalue weighted by Gasteiger charge is -2.13. The number of fused-ring (bicyclic) bond motifs is 1. The first-order valence-electron chi connectivity index (χ1n) is 9.35. The minimum atomic E-state index is -0.418. The van der Waals surface area contributed by atoms with Gasteiger partial charge in [0, 0.05) is 22.3 Å². The van der Waals surface area contributed by atoms with E-state index >= 15 is 0 Å². The Labute approximate surface area is 164 Å². The van der Waals surface area contributed by atoms with Crippen LogP contribution in [0.2, 0.25) is 0 Å². The number of rotatable bonds is 6. The van der Waals surface area contributed by atoms with E-state index in [1.54, 1.807) is 13.8 Å². The Morgan fingerprint density at radius 2 is 1.79 bits per heavy atom. The van der Waals surface area contributed by atoms with Gasteiger partial charge in [-0.25, -0.2) is 4.79 Å². The highest BCUT2D eigenvalue weighted by molar-refractivity contribution is 6.09. The number of ketones is 1. The lowest BCUT2D eigenvalue weighted by Crippen LogP contribution is -2.14. The molecule has 28 heavy (non-hydrogen) atoms. The molecule has 146 valence electrons. The third-order valence-corrected chi connectivity index (χ3v) is 4.78. The molecule has 0 radical (unpaired) electrons. The minimum Gasteiger partial charge on any atom is -0.482 e. The van der Waals surface area contributed by atoms with E-state index in [0.717, 1.165) is 27.8 Å². The van der Waals surface area contributed by atoms with Crippen LogP contribution in [0.15, 0.2) is 36.4 Å².